The van der Waals surface area contributed by atoms with Gasteiger partial charge in [0.1, 0.15) is 11.8 Å². The summed E-state index contributed by atoms with van der Waals surface area (Å²) in [7, 11) is 1.60. The molecule has 26 heavy (non-hydrogen) atoms. The Morgan fingerprint density at radius 3 is 2.77 bits per heavy atom. The van der Waals surface area contributed by atoms with Crippen LogP contribution in [0.4, 0.5) is 0 Å². The number of carbonyl (C=O) groups excluding carboxylic acids is 1. The van der Waals surface area contributed by atoms with Gasteiger partial charge in [-0.3, -0.25) is 4.79 Å². The molecule has 4 nitrogen and oxygen atoms in total. The Kier molecular flexibility index (Phi) is 4.64. The number of hydrogen-bond acceptors (Lipinski definition) is 3. The van der Waals surface area contributed by atoms with E-state index in [4.69, 9.17) is 4.74 Å². The van der Waals surface area contributed by atoms with Crippen molar-refractivity contribution in [1.82, 2.24) is 4.98 Å². The van der Waals surface area contributed by atoms with Crippen LogP contribution in [-0.2, 0) is 10.2 Å². The van der Waals surface area contributed by atoms with Gasteiger partial charge in [-0.15, -0.1) is 0 Å². The number of aromatic nitrogens is 1. The van der Waals surface area contributed by atoms with E-state index in [-0.39, 0.29) is 12.2 Å². The highest BCUT2D eigenvalue weighted by Gasteiger charge is 2.32. The van der Waals surface area contributed by atoms with Crippen LogP contribution < -0.4 is 0 Å². The molecule has 1 N–H and O–H groups in total. The summed E-state index contributed by atoms with van der Waals surface area (Å²) in [6, 6.07) is 5.77. The minimum absolute atomic E-state index is 0.0114. The zero-order valence-electron chi connectivity index (χ0n) is 14.9. The largest absolute Gasteiger partial charge is 0.497 e. The van der Waals surface area contributed by atoms with Crippen molar-refractivity contribution in [2.75, 3.05) is 7.11 Å². The lowest BCUT2D eigenvalue weighted by Gasteiger charge is -2.27. The number of carbonyl (C=O) groups is 1. The molecule has 1 aromatic heterocycles. The molecule has 1 aliphatic rings. The SMILES string of the molecule is C=C1/C=C(OC)\C=C/CC(=O)c2c([nH]c3cc(C#N)c(Br)cc23)C1(C)C. The van der Waals surface area contributed by atoms with E-state index >= 15 is 0 Å². The maximum Gasteiger partial charge on any atom is 0.169 e. The van der Waals surface area contributed by atoms with Gasteiger partial charge in [0.25, 0.3) is 0 Å². The zero-order valence-corrected chi connectivity index (χ0v) is 16.5. The van der Waals surface area contributed by atoms with Crippen LogP contribution in [0.5, 0.6) is 0 Å². The molecule has 1 aromatic carbocycles. The molecule has 0 atom stereocenters. The van der Waals surface area contributed by atoms with E-state index < -0.39 is 5.41 Å². The lowest BCUT2D eigenvalue weighted by atomic mass is 9.78. The van der Waals surface area contributed by atoms with Crippen molar-refractivity contribution in [3.63, 3.8) is 0 Å². The van der Waals surface area contributed by atoms with Gasteiger partial charge in [-0.1, -0.05) is 26.5 Å². The molecule has 3 rings (SSSR count). The topological polar surface area (TPSA) is 65.9 Å². The summed E-state index contributed by atoms with van der Waals surface area (Å²) >= 11 is 3.43. The van der Waals surface area contributed by atoms with Crippen LogP contribution in [-0.4, -0.2) is 17.9 Å². The number of rotatable bonds is 1. The second-order valence-electron chi connectivity index (χ2n) is 6.80. The van der Waals surface area contributed by atoms with Gasteiger partial charge in [0, 0.05) is 38.5 Å². The summed E-state index contributed by atoms with van der Waals surface area (Å²) in [6.45, 7) is 8.24. The maximum absolute atomic E-state index is 13.0. The average molecular weight is 411 g/mol. The molecular weight excluding hydrogens is 392 g/mol. The van der Waals surface area contributed by atoms with Crippen molar-refractivity contribution >= 4 is 32.6 Å². The van der Waals surface area contributed by atoms with E-state index in [1.165, 1.54) is 0 Å². The van der Waals surface area contributed by atoms with Crippen molar-refractivity contribution in [3.8, 4) is 6.07 Å². The van der Waals surface area contributed by atoms with Crippen LogP contribution >= 0.6 is 15.9 Å². The standard InChI is InChI=1S/C21H19BrN2O2/c1-12-8-14(26-4)6-5-7-18(25)19-15-10-16(22)13(11-23)9-17(15)24-20(19)21(12,2)3/h5-6,8-10,24H,1,7H2,2-4H3/b6-5-,14-8+. The first-order valence-electron chi connectivity index (χ1n) is 8.20. The molecule has 1 aliphatic carbocycles. The quantitative estimate of drug-likeness (QED) is 0.692. The first-order chi connectivity index (χ1) is 12.3. The third kappa shape index (κ3) is 2.91. The molecule has 0 unspecified atom stereocenters. The van der Waals surface area contributed by atoms with Crippen molar-refractivity contribution < 1.29 is 9.53 Å². The number of Topliss-reactive ketones (excluding diaryl/α,β-unsaturated/α-hetero) is 1. The Hall–Kier alpha value is -2.58. The molecule has 0 bridgehead atoms. The third-order valence-corrected chi connectivity index (χ3v) is 5.51. The van der Waals surface area contributed by atoms with Crippen molar-refractivity contribution in [2.24, 2.45) is 0 Å². The average Bonchev–Trinajstić information content (AvgIpc) is 2.98. The Morgan fingerprint density at radius 1 is 1.38 bits per heavy atom. The third-order valence-electron chi connectivity index (χ3n) is 4.85. The molecule has 0 fully saturated rings. The predicted molar refractivity (Wildman–Crippen MR) is 106 cm³/mol. The number of fused-ring (bicyclic) bond motifs is 3. The highest BCUT2D eigenvalue weighted by molar-refractivity contribution is 9.10. The van der Waals surface area contributed by atoms with Crippen molar-refractivity contribution in [1.29, 1.82) is 5.26 Å². The molecule has 0 saturated carbocycles. The van der Waals surface area contributed by atoms with E-state index in [2.05, 4.69) is 33.6 Å². The number of nitrogens with zero attached hydrogens (tertiary/aromatic N) is 1. The fourth-order valence-electron chi connectivity index (χ4n) is 3.13. The number of ketones is 1. The number of allylic oxidation sites excluding steroid dienone is 4. The van der Waals surface area contributed by atoms with Gasteiger partial charge < -0.3 is 9.72 Å². The number of nitriles is 1. The number of halogens is 1. The number of hydrogen-bond donors (Lipinski definition) is 1. The Balaban J connectivity index is 2.35. The van der Waals surface area contributed by atoms with E-state index in [9.17, 15) is 10.1 Å². The van der Waals surface area contributed by atoms with Crippen molar-refractivity contribution in [3.05, 3.63) is 69.6 Å². The lowest BCUT2D eigenvalue weighted by Crippen LogP contribution is -2.23. The first-order valence-corrected chi connectivity index (χ1v) is 8.99. The van der Waals surface area contributed by atoms with Crippen LogP contribution in [0.3, 0.4) is 0 Å². The molecule has 0 amide bonds. The summed E-state index contributed by atoms with van der Waals surface area (Å²) in [4.78, 5) is 16.4. The molecule has 0 saturated heterocycles. The number of H-pyrrole nitrogens is 1. The van der Waals surface area contributed by atoms with Gasteiger partial charge in [-0.05, 0) is 45.8 Å². The van der Waals surface area contributed by atoms with Crippen LogP contribution in [0.2, 0.25) is 0 Å². The number of benzene rings is 1. The molecule has 0 radical (unpaired) electrons. The molecule has 5 heteroatoms. The predicted octanol–water partition coefficient (Wildman–Crippen LogP) is 5.31. The van der Waals surface area contributed by atoms with Gasteiger partial charge in [0.2, 0.25) is 0 Å². The Morgan fingerprint density at radius 2 is 2.12 bits per heavy atom. The Bertz CT molecular complexity index is 1030. The van der Waals surface area contributed by atoms with E-state index in [0.717, 1.165) is 22.2 Å². The van der Waals surface area contributed by atoms with E-state index in [1.807, 2.05) is 26.0 Å². The summed E-state index contributed by atoms with van der Waals surface area (Å²) in [6.07, 6.45) is 5.74. The summed E-state index contributed by atoms with van der Waals surface area (Å²) in [5, 5.41) is 10.1. The van der Waals surface area contributed by atoms with Gasteiger partial charge in [-0.25, -0.2) is 0 Å². The fourth-order valence-corrected chi connectivity index (χ4v) is 3.56. The lowest BCUT2D eigenvalue weighted by molar-refractivity contribution is 0.0995. The Labute approximate surface area is 161 Å². The van der Waals surface area contributed by atoms with Crippen LogP contribution in [0.1, 0.15) is 41.9 Å². The second-order valence-corrected chi connectivity index (χ2v) is 7.65. The summed E-state index contributed by atoms with van der Waals surface area (Å²) in [5.41, 5.74) is 3.04. The van der Waals surface area contributed by atoms with Crippen molar-refractivity contribution in [2.45, 2.75) is 25.7 Å². The minimum Gasteiger partial charge on any atom is -0.497 e. The molecule has 1 heterocycles. The fraction of sp³-hybridized carbons (Fsp3) is 0.238. The maximum atomic E-state index is 13.0. The summed E-state index contributed by atoms with van der Waals surface area (Å²) in [5.74, 6) is 0.669. The molecule has 2 aromatic rings. The highest BCUT2D eigenvalue weighted by atomic mass is 79.9. The van der Waals surface area contributed by atoms with Gasteiger partial charge in [-0.2, -0.15) is 5.26 Å². The highest BCUT2D eigenvalue weighted by Crippen LogP contribution is 2.39. The molecular formula is C21H19BrN2O2. The number of methoxy groups -OCH3 is 1. The first kappa shape index (κ1) is 18.2. The van der Waals surface area contributed by atoms with Crippen LogP contribution in [0, 0.1) is 11.3 Å². The minimum atomic E-state index is -0.516. The summed E-state index contributed by atoms with van der Waals surface area (Å²) < 4.78 is 6.04. The normalized spacial score (nSPS) is 20.0. The number of ether oxygens (including phenoxy) is 1. The van der Waals surface area contributed by atoms with Crippen LogP contribution in [0.25, 0.3) is 10.9 Å². The van der Waals surface area contributed by atoms with Gasteiger partial charge in [0.05, 0.1) is 12.7 Å². The smallest absolute Gasteiger partial charge is 0.169 e. The van der Waals surface area contributed by atoms with E-state index in [0.29, 0.717) is 21.4 Å². The van der Waals surface area contributed by atoms with Gasteiger partial charge in [0.15, 0.2) is 5.78 Å². The van der Waals surface area contributed by atoms with Crippen LogP contribution in [0.15, 0.2) is 52.7 Å². The molecule has 0 spiro atoms. The molecule has 132 valence electrons. The second kappa shape index (κ2) is 6.62. The van der Waals surface area contributed by atoms with E-state index in [1.54, 1.807) is 25.3 Å². The molecule has 0 aliphatic heterocycles. The zero-order chi connectivity index (χ0) is 19.1. The number of nitrogens with one attached hydrogen (secondary N) is 1. The number of aromatic amines is 1. The van der Waals surface area contributed by atoms with Gasteiger partial charge >= 0.3 is 0 Å². The monoisotopic (exact) mass is 410 g/mol.